The summed E-state index contributed by atoms with van der Waals surface area (Å²) in [6.07, 6.45) is -0.523. The zero-order chi connectivity index (χ0) is 11.5. The molecule has 2 aromatic rings. The van der Waals surface area contributed by atoms with E-state index in [1.165, 1.54) is 17.4 Å². The van der Waals surface area contributed by atoms with Gasteiger partial charge in [0.25, 0.3) is 0 Å². The summed E-state index contributed by atoms with van der Waals surface area (Å²) >= 11 is 4.68. The first-order valence-corrected chi connectivity index (χ1v) is 6.40. The quantitative estimate of drug-likeness (QED) is 0.943. The van der Waals surface area contributed by atoms with Gasteiger partial charge in [0.05, 0.1) is 11.2 Å². The molecule has 0 saturated carbocycles. The first-order valence-electron chi connectivity index (χ1n) is 4.67. The summed E-state index contributed by atoms with van der Waals surface area (Å²) in [7, 11) is 0. The molecule has 1 heterocycles. The van der Waals surface area contributed by atoms with Gasteiger partial charge in [-0.05, 0) is 23.8 Å². The van der Waals surface area contributed by atoms with Crippen LogP contribution in [-0.2, 0) is 6.42 Å². The largest absolute Gasteiger partial charge is 0.386 e. The van der Waals surface area contributed by atoms with E-state index in [-0.39, 0.29) is 12.2 Å². The van der Waals surface area contributed by atoms with Crippen molar-refractivity contribution in [2.75, 3.05) is 0 Å². The maximum absolute atomic E-state index is 13.4. The van der Waals surface area contributed by atoms with Crippen molar-refractivity contribution in [1.29, 1.82) is 0 Å². The van der Waals surface area contributed by atoms with E-state index in [9.17, 15) is 9.50 Å². The maximum Gasteiger partial charge on any atom is 0.126 e. The molecule has 0 spiro atoms. The molecule has 0 fully saturated rings. The van der Waals surface area contributed by atoms with Crippen molar-refractivity contribution in [3.05, 3.63) is 50.6 Å². The van der Waals surface area contributed by atoms with Crippen LogP contribution >= 0.6 is 27.3 Å². The average Bonchev–Trinajstić information content (AvgIpc) is 2.76. The highest BCUT2D eigenvalue weighted by atomic mass is 79.9. The molecule has 0 saturated heterocycles. The molecule has 2 nitrogen and oxygen atoms in total. The minimum atomic E-state index is -0.755. The maximum atomic E-state index is 13.4. The average molecular weight is 302 g/mol. The summed E-state index contributed by atoms with van der Waals surface area (Å²) in [5, 5.41) is 11.6. The van der Waals surface area contributed by atoms with E-state index in [1.54, 1.807) is 23.0 Å². The van der Waals surface area contributed by atoms with Gasteiger partial charge >= 0.3 is 0 Å². The molecule has 0 amide bonds. The summed E-state index contributed by atoms with van der Waals surface area (Å²) in [5.74, 6) is -0.308. The Balaban J connectivity index is 2.17. The van der Waals surface area contributed by atoms with E-state index in [0.29, 0.717) is 11.3 Å². The first kappa shape index (κ1) is 11.7. The lowest BCUT2D eigenvalue weighted by Gasteiger charge is -2.09. The van der Waals surface area contributed by atoms with E-state index in [2.05, 4.69) is 20.9 Å². The normalized spacial score (nSPS) is 12.7. The highest BCUT2D eigenvalue weighted by Crippen LogP contribution is 2.22. The Morgan fingerprint density at radius 3 is 3.00 bits per heavy atom. The summed E-state index contributed by atoms with van der Waals surface area (Å²) in [4.78, 5) is 4.00. The van der Waals surface area contributed by atoms with Crippen LogP contribution in [-0.4, -0.2) is 10.1 Å². The van der Waals surface area contributed by atoms with Gasteiger partial charge < -0.3 is 5.11 Å². The SMILES string of the molecule is OC(Cc1cc(Br)ccc1F)c1cscn1. The minimum Gasteiger partial charge on any atom is -0.386 e. The smallest absolute Gasteiger partial charge is 0.126 e. The Kier molecular flexibility index (Phi) is 3.68. The van der Waals surface area contributed by atoms with Crippen molar-refractivity contribution < 1.29 is 9.50 Å². The topological polar surface area (TPSA) is 33.1 Å². The summed E-state index contributed by atoms with van der Waals surface area (Å²) in [6, 6.07) is 4.69. The summed E-state index contributed by atoms with van der Waals surface area (Å²) in [5.41, 5.74) is 2.72. The number of thiazole rings is 1. The molecule has 0 aliphatic heterocycles. The van der Waals surface area contributed by atoms with Crippen LogP contribution in [0, 0.1) is 5.82 Å². The predicted octanol–water partition coefficient (Wildman–Crippen LogP) is 3.32. The van der Waals surface area contributed by atoms with Crippen molar-refractivity contribution in [1.82, 2.24) is 4.98 Å². The number of halogens is 2. The second-order valence-electron chi connectivity index (χ2n) is 3.37. The molecule has 1 aromatic carbocycles. The third-order valence-electron chi connectivity index (χ3n) is 2.21. The van der Waals surface area contributed by atoms with Gasteiger partial charge in [0.2, 0.25) is 0 Å². The van der Waals surface area contributed by atoms with Crippen LogP contribution < -0.4 is 0 Å². The summed E-state index contributed by atoms with van der Waals surface area (Å²) < 4.78 is 14.2. The molecule has 0 aliphatic rings. The highest BCUT2D eigenvalue weighted by Gasteiger charge is 2.13. The van der Waals surface area contributed by atoms with E-state index in [4.69, 9.17) is 0 Å². The van der Waals surface area contributed by atoms with Crippen LogP contribution in [0.5, 0.6) is 0 Å². The van der Waals surface area contributed by atoms with Gasteiger partial charge in [0.1, 0.15) is 11.9 Å². The molecule has 0 radical (unpaired) electrons. The molecule has 1 unspecified atom stereocenters. The van der Waals surface area contributed by atoms with E-state index < -0.39 is 6.10 Å². The molecule has 1 aromatic heterocycles. The predicted molar refractivity (Wildman–Crippen MR) is 64.9 cm³/mol. The van der Waals surface area contributed by atoms with Crippen molar-refractivity contribution in [2.45, 2.75) is 12.5 Å². The number of aliphatic hydroxyl groups excluding tert-OH is 1. The van der Waals surface area contributed by atoms with E-state index >= 15 is 0 Å². The van der Waals surface area contributed by atoms with Gasteiger partial charge in [-0.3, -0.25) is 0 Å². The Bertz CT molecular complexity index is 475. The molecular formula is C11H9BrFNOS. The van der Waals surface area contributed by atoms with E-state index in [1.807, 2.05) is 0 Å². The van der Waals surface area contributed by atoms with Crippen LogP contribution in [0.3, 0.4) is 0 Å². The van der Waals surface area contributed by atoms with Crippen LogP contribution in [0.25, 0.3) is 0 Å². The second-order valence-corrected chi connectivity index (χ2v) is 5.00. The van der Waals surface area contributed by atoms with Crippen molar-refractivity contribution >= 4 is 27.3 Å². The molecule has 16 heavy (non-hydrogen) atoms. The summed E-state index contributed by atoms with van der Waals surface area (Å²) in [6.45, 7) is 0. The fourth-order valence-electron chi connectivity index (χ4n) is 1.40. The molecule has 1 N–H and O–H groups in total. The third kappa shape index (κ3) is 2.66. The Hall–Kier alpha value is -0.780. The Morgan fingerprint density at radius 1 is 1.50 bits per heavy atom. The minimum absolute atomic E-state index is 0.231. The van der Waals surface area contributed by atoms with Gasteiger partial charge in [-0.2, -0.15) is 0 Å². The lowest BCUT2D eigenvalue weighted by atomic mass is 10.1. The lowest BCUT2D eigenvalue weighted by molar-refractivity contribution is 0.173. The molecule has 1 atom stereocenters. The van der Waals surface area contributed by atoms with Crippen molar-refractivity contribution in [2.24, 2.45) is 0 Å². The van der Waals surface area contributed by atoms with Crippen molar-refractivity contribution in [3.63, 3.8) is 0 Å². The molecule has 2 rings (SSSR count). The second kappa shape index (κ2) is 5.03. The Labute approximate surface area is 105 Å². The zero-order valence-electron chi connectivity index (χ0n) is 8.23. The standard InChI is InChI=1S/C11H9BrFNOS/c12-8-1-2-9(13)7(3-8)4-11(15)10-5-16-6-14-10/h1-3,5-6,11,15H,4H2. The molecule has 84 valence electrons. The van der Waals surface area contributed by atoms with Gasteiger partial charge in [-0.25, -0.2) is 9.37 Å². The van der Waals surface area contributed by atoms with Gasteiger partial charge in [0, 0.05) is 16.3 Å². The number of hydrogen-bond acceptors (Lipinski definition) is 3. The number of aliphatic hydroxyl groups is 1. The molecule has 0 bridgehead atoms. The first-order chi connectivity index (χ1) is 7.66. The van der Waals surface area contributed by atoms with Crippen LogP contribution in [0.4, 0.5) is 4.39 Å². The van der Waals surface area contributed by atoms with E-state index in [0.717, 1.165) is 4.47 Å². The van der Waals surface area contributed by atoms with Crippen molar-refractivity contribution in [3.8, 4) is 0 Å². The monoisotopic (exact) mass is 301 g/mol. The highest BCUT2D eigenvalue weighted by molar-refractivity contribution is 9.10. The Morgan fingerprint density at radius 2 is 2.31 bits per heavy atom. The fourth-order valence-corrected chi connectivity index (χ4v) is 2.41. The fraction of sp³-hybridized carbons (Fsp3) is 0.182. The zero-order valence-corrected chi connectivity index (χ0v) is 10.6. The van der Waals surface area contributed by atoms with Gasteiger partial charge in [0.15, 0.2) is 0 Å². The number of aromatic nitrogens is 1. The van der Waals surface area contributed by atoms with Crippen LogP contribution in [0.15, 0.2) is 33.6 Å². The molecule has 5 heteroatoms. The number of hydrogen-bond donors (Lipinski definition) is 1. The van der Waals surface area contributed by atoms with Crippen LogP contribution in [0.2, 0.25) is 0 Å². The molecular weight excluding hydrogens is 293 g/mol. The van der Waals surface area contributed by atoms with Crippen LogP contribution in [0.1, 0.15) is 17.4 Å². The molecule has 0 aliphatic carbocycles. The third-order valence-corrected chi connectivity index (χ3v) is 3.31. The number of nitrogens with zero attached hydrogens (tertiary/aromatic N) is 1. The number of benzene rings is 1. The van der Waals surface area contributed by atoms with Gasteiger partial charge in [-0.15, -0.1) is 11.3 Å². The lowest BCUT2D eigenvalue weighted by Crippen LogP contribution is -2.03. The number of rotatable bonds is 3. The van der Waals surface area contributed by atoms with Gasteiger partial charge in [-0.1, -0.05) is 15.9 Å².